The van der Waals surface area contributed by atoms with E-state index in [-0.39, 0.29) is 11.3 Å². The predicted molar refractivity (Wildman–Crippen MR) is 92.1 cm³/mol. The highest BCUT2D eigenvalue weighted by Gasteiger charge is 2.11. The average molecular weight is 344 g/mol. The van der Waals surface area contributed by atoms with E-state index in [9.17, 15) is 9.59 Å². The third-order valence-electron chi connectivity index (χ3n) is 3.02. The van der Waals surface area contributed by atoms with Crippen LogP contribution >= 0.6 is 23.1 Å². The van der Waals surface area contributed by atoms with Gasteiger partial charge in [-0.1, -0.05) is 12.1 Å². The first kappa shape index (κ1) is 15.4. The molecule has 3 rings (SSSR count). The number of carbonyl (C=O) groups is 1. The SMILES string of the molecule is CSc1ccc(-c2csc(NC(=O)c3ccc(=O)[nH]n3)n2)cc1. The fraction of sp³-hybridized carbons (Fsp3) is 0.0667. The van der Waals surface area contributed by atoms with Crippen LogP contribution in [0.2, 0.25) is 0 Å². The minimum absolute atomic E-state index is 0.130. The maximum absolute atomic E-state index is 12.0. The summed E-state index contributed by atoms with van der Waals surface area (Å²) in [6, 6.07) is 10.7. The molecule has 0 spiro atoms. The zero-order chi connectivity index (χ0) is 16.2. The molecule has 3 aromatic rings. The van der Waals surface area contributed by atoms with Crippen LogP contribution in [0.4, 0.5) is 5.13 Å². The number of nitrogens with one attached hydrogen (secondary N) is 2. The lowest BCUT2D eigenvalue weighted by molar-refractivity contribution is 0.102. The van der Waals surface area contributed by atoms with Gasteiger partial charge in [-0.3, -0.25) is 14.9 Å². The van der Waals surface area contributed by atoms with Crippen molar-refractivity contribution in [3.05, 3.63) is 57.8 Å². The Labute approximate surface area is 140 Å². The number of H-pyrrole nitrogens is 1. The van der Waals surface area contributed by atoms with E-state index in [2.05, 4.69) is 20.5 Å². The summed E-state index contributed by atoms with van der Waals surface area (Å²) < 4.78 is 0. The summed E-state index contributed by atoms with van der Waals surface area (Å²) in [4.78, 5) is 28.6. The molecule has 1 aromatic carbocycles. The second-order valence-corrected chi connectivity index (χ2v) is 6.26. The van der Waals surface area contributed by atoms with Gasteiger partial charge in [-0.25, -0.2) is 10.1 Å². The van der Waals surface area contributed by atoms with Crippen molar-refractivity contribution < 1.29 is 4.79 Å². The zero-order valence-electron chi connectivity index (χ0n) is 12.1. The number of thioether (sulfide) groups is 1. The summed E-state index contributed by atoms with van der Waals surface area (Å²) in [5.74, 6) is -0.417. The Morgan fingerprint density at radius 3 is 2.65 bits per heavy atom. The van der Waals surface area contributed by atoms with Crippen LogP contribution in [0.3, 0.4) is 0 Å². The van der Waals surface area contributed by atoms with Crippen molar-refractivity contribution in [2.45, 2.75) is 4.90 Å². The molecule has 6 nitrogen and oxygen atoms in total. The normalized spacial score (nSPS) is 10.5. The van der Waals surface area contributed by atoms with Gasteiger partial charge in [0.05, 0.1) is 5.69 Å². The van der Waals surface area contributed by atoms with E-state index >= 15 is 0 Å². The molecule has 1 amide bonds. The monoisotopic (exact) mass is 344 g/mol. The van der Waals surface area contributed by atoms with Gasteiger partial charge in [0.25, 0.3) is 11.5 Å². The number of hydrogen-bond donors (Lipinski definition) is 2. The van der Waals surface area contributed by atoms with Gasteiger partial charge < -0.3 is 0 Å². The second kappa shape index (κ2) is 6.76. The molecule has 2 heterocycles. The zero-order valence-corrected chi connectivity index (χ0v) is 13.7. The number of benzene rings is 1. The molecule has 2 N–H and O–H groups in total. The first-order valence-electron chi connectivity index (χ1n) is 6.63. The second-order valence-electron chi connectivity index (χ2n) is 4.53. The van der Waals surface area contributed by atoms with Gasteiger partial charge in [-0.15, -0.1) is 23.1 Å². The molecule has 8 heteroatoms. The largest absolute Gasteiger partial charge is 0.296 e. The molecule has 0 saturated heterocycles. The van der Waals surface area contributed by atoms with E-state index in [1.54, 1.807) is 11.8 Å². The standard InChI is InChI=1S/C15H12N4O2S2/c1-22-10-4-2-9(3-5-10)12-8-23-15(16-12)17-14(21)11-6-7-13(20)19-18-11/h2-8H,1H3,(H,19,20)(H,16,17,21). The Morgan fingerprint density at radius 2 is 2.00 bits per heavy atom. The molecular weight excluding hydrogens is 332 g/mol. The lowest BCUT2D eigenvalue weighted by Crippen LogP contribution is -2.17. The van der Waals surface area contributed by atoms with E-state index in [0.717, 1.165) is 11.3 Å². The van der Waals surface area contributed by atoms with Crippen LogP contribution in [0, 0.1) is 0 Å². The molecule has 0 atom stereocenters. The van der Waals surface area contributed by atoms with E-state index < -0.39 is 5.91 Å². The molecule has 2 aromatic heterocycles. The lowest BCUT2D eigenvalue weighted by Gasteiger charge is -2.00. The van der Waals surface area contributed by atoms with Gasteiger partial charge in [-0.05, 0) is 24.5 Å². The summed E-state index contributed by atoms with van der Waals surface area (Å²) in [7, 11) is 0. The molecule has 0 fully saturated rings. The predicted octanol–water partition coefficient (Wildman–Crippen LogP) is 2.87. The first-order valence-corrected chi connectivity index (χ1v) is 8.73. The number of rotatable bonds is 4. The average Bonchev–Trinajstić information content (AvgIpc) is 3.04. The molecule has 0 bridgehead atoms. The Balaban J connectivity index is 1.74. The molecule has 0 aliphatic carbocycles. The third-order valence-corrected chi connectivity index (χ3v) is 4.52. The fourth-order valence-corrected chi connectivity index (χ4v) is 2.98. The molecule has 116 valence electrons. The number of nitrogens with zero attached hydrogens (tertiary/aromatic N) is 2. The molecular formula is C15H12N4O2S2. The maximum atomic E-state index is 12.0. The van der Waals surface area contributed by atoms with E-state index in [4.69, 9.17) is 0 Å². The molecule has 0 aliphatic rings. The number of amides is 1. The van der Waals surface area contributed by atoms with Crippen molar-refractivity contribution in [3.8, 4) is 11.3 Å². The van der Waals surface area contributed by atoms with Crippen LogP contribution in [0.15, 0.2) is 51.5 Å². The van der Waals surface area contributed by atoms with Crippen molar-refractivity contribution in [3.63, 3.8) is 0 Å². The molecule has 0 aliphatic heterocycles. The van der Waals surface area contributed by atoms with Gasteiger partial charge in [0.2, 0.25) is 0 Å². The number of thiazole rings is 1. The van der Waals surface area contributed by atoms with Crippen LogP contribution in [0.1, 0.15) is 10.5 Å². The third kappa shape index (κ3) is 3.66. The van der Waals surface area contributed by atoms with Crippen LogP contribution in [0.25, 0.3) is 11.3 Å². The maximum Gasteiger partial charge on any atom is 0.277 e. The van der Waals surface area contributed by atoms with Gasteiger partial charge in [0.15, 0.2) is 5.13 Å². The van der Waals surface area contributed by atoms with Crippen LogP contribution in [-0.2, 0) is 0 Å². The van der Waals surface area contributed by atoms with Crippen LogP contribution in [-0.4, -0.2) is 27.3 Å². The molecule has 0 unspecified atom stereocenters. The summed E-state index contributed by atoms with van der Waals surface area (Å²) in [6.07, 6.45) is 2.02. The minimum Gasteiger partial charge on any atom is -0.296 e. The van der Waals surface area contributed by atoms with Crippen molar-refractivity contribution in [2.24, 2.45) is 0 Å². The van der Waals surface area contributed by atoms with Crippen LogP contribution in [0.5, 0.6) is 0 Å². The number of carbonyl (C=O) groups excluding carboxylic acids is 1. The van der Waals surface area contributed by atoms with Crippen molar-refractivity contribution >= 4 is 34.1 Å². The number of aromatic amines is 1. The summed E-state index contributed by atoms with van der Waals surface area (Å²) >= 11 is 3.01. The fourth-order valence-electron chi connectivity index (χ4n) is 1.86. The highest BCUT2D eigenvalue weighted by molar-refractivity contribution is 7.98. The van der Waals surface area contributed by atoms with Crippen molar-refractivity contribution in [1.29, 1.82) is 0 Å². The van der Waals surface area contributed by atoms with Gasteiger partial charge in [0, 0.05) is 21.9 Å². The Bertz CT molecular complexity index is 866. The number of hydrogen-bond acceptors (Lipinski definition) is 6. The smallest absolute Gasteiger partial charge is 0.277 e. The van der Waals surface area contributed by atoms with Crippen molar-refractivity contribution in [2.75, 3.05) is 11.6 Å². The number of anilines is 1. The summed E-state index contributed by atoms with van der Waals surface area (Å²) in [5.41, 5.74) is 1.56. The van der Waals surface area contributed by atoms with E-state index in [1.807, 2.05) is 35.9 Å². The highest BCUT2D eigenvalue weighted by atomic mass is 32.2. The first-order chi connectivity index (χ1) is 11.2. The Kier molecular flexibility index (Phi) is 4.54. The van der Waals surface area contributed by atoms with Gasteiger partial charge >= 0.3 is 0 Å². The number of aromatic nitrogens is 3. The van der Waals surface area contributed by atoms with E-state index in [1.165, 1.54) is 28.4 Å². The van der Waals surface area contributed by atoms with Gasteiger partial charge in [-0.2, -0.15) is 5.10 Å². The van der Waals surface area contributed by atoms with E-state index in [0.29, 0.717) is 5.13 Å². The Hall–Kier alpha value is -2.45. The molecule has 23 heavy (non-hydrogen) atoms. The highest BCUT2D eigenvalue weighted by Crippen LogP contribution is 2.26. The quantitative estimate of drug-likeness (QED) is 0.711. The minimum atomic E-state index is -0.417. The Morgan fingerprint density at radius 1 is 1.22 bits per heavy atom. The van der Waals surface area contributed by atoms with Crippen LogP contribution < -0.4 is 10.9 Å². The van der Waals surface area contributed by atoms with Gasteiger partial charge in [0.1, 0.15) is 5.69 Å². The molecule has 0 radical (unpaired) electrons. The lowest BCUT2D eigenvalue weighted by atomic mass is 10.2. The topological polar surface area (TPSA) is 87.7 Å². The molecule has 0 saturated carbocycles. The van der Waals surface area contributed by atoms with Crippen molar-refractivity contribution in [1.82, 2.24) is 15.2 Å². The summed E-state index contributed by atoms with van der Waals surface area (Å²) in [5, 5.41) is 10.9. The summed E-state index contributed by atoms with van der Waals surface area (Å²) in [6.45, 7) is 0.